The van der Waals surface area contributed by atoms with E-state index in [2.05, 4.69) is 56.6 Å². The molecule has 0 aliphatic carbocycles. The molecule has 0 aromatic heterocycles. The monoisotopic (exact) mass is 564 g/mol. The van der Waals surface area contributed by atoms with Crippen molar-refractivity contribution in [1.29, 1.82) is 0 Å². The summed E-state index contributed by atoms with van der Waals surface area (Å²) >= 11 is 3.61. The highest BCUT2D eigenvalue weighted by atomic mass is 127. The number of rotatable bonds is 5. The Bertz CT molecular complexity index is 684. The average Bonchev–Trinajstić information content (AvgIpc) is 3.31. The smallest absolute Gasteiger partial charge is 0.191 e. The van der Waals surface area contributed by atoms with Crippen LogP contribution in [0.4, 0.5) is 5.69 Å². The van der Waals surface area contributed by atoms with Gasteiger partial charge in [-0.15, -0.1) is 24.0 Å². The predicted octanol–water partition coefficient (Wildman–Crippen LogP) is 3.28. The molecular weight excluding hydrogens is 535 g/mol. The fourth-order valence-corrected chi connectivity index (χ4v) is 4.57. The normalized spacial score (nSPS) is 26.9. The molecule has 3 atom stereocenters. The first-order valence-electron chi connectivity index (χ1n) is 10.0. The number of hydrogen-bond donors (Lipinski definition) is 2. The lowest BCUT2D eigenvalue weighted by Gasteiger charge is -2.30. The van der Waals surface area contributed by atoms with Gasteiger partial charge in [0.25, 0.3) is 0 Å². The van der Waals surface area contributed by atoms with Gasteiger partial charge < -0.3 is 25.0 Å². The van der Waals surface area contributed by atoms with Crippen LogP contribution in [0.2, 0.25) is 0 Å². The second kappa shape index (κ2) is 10.4. The number of anilines is 1. The van der Waals surface area contributed by atoms with Gasteiger partial charge in [-0.2, -0.15) is 0 Å². The molecule has 3 aliphatic heterocycles. The van der Waals surface area contributed by atoms with Crippen molar-refractivity contribution in [3.8, 4) is 0 Å². The van der Waals surface area contributed by atoms with Crippen LogP contribution in [0.1, 0.15) is 31.7 Å². The zero-order valence-corrected chi connectivity index (χ0v) is 20.2. The molecule has 8 heteroatoms. The standard InChI is InChI=1S/C20H29BrN4O2.HI/c1-2-22-20(24-17-12-16-5-6-19(17)27-16)23-13-14-3-4-15(21)11-18(14)25-7-9-26-10-8-25;/h3-4,11,16-17,19H,2,5-10,12-13H2,1H3,(H2,22,23,24);1H. The highest BCUT2D eigenvalue weighted by molar-refractivity contribution is 14.0. The third-order valence-electron chi connectivity index (χ3n) is 5.58. The topological polar surface area (TPSA) is 58.1 Å². The first kappa shape index (κ1) is 22.1. The number of nitrogens with one attached hydrogen (secondary N) is 2. The summed E-state index contributed by atoms with van der Waals surface area (Å²) in [5.41, 5.74) is 2.48. The van der Waals surface area contributed by atoms with E-state index in [9.17, 15) is 0 Å². The second-order valence-corrected chi connectivity index (χ2v) is 8.34. The summed E-state index contributed by atoms with van der Waals surface area (Å²) in [6.07, 6.45) is 4.24. The summed E-state index contributed by atoms with van der Waals surface area (Å²) in [4.78, 5) is 7.27. The molecule has 2 bridgehead atoms. The van der Waals surface area contributed by atoms with Gasteiger partial charge in [-0.25, -0.2) is 4.99 Å². The molecule has 0 amide bonds. The van der Waals surface area contributed by atoms with Crippen LogP contribution in [-0.2, 0) is 16.0 Å². The molecule has 2 N–H and O–H groups in total. The molecule has 3 fully saturated rings. The van der Waals surface area contributed by atoms with Gasteiger partial charge in [0.2, 0.25) is 0 Å². The van der Waals surface area contributed by atoms with Gasteiger partial charge >= 0.3 is 0 Å². The molecule has 0 saturated carbocycles. The third kappa shape index (κ3) is 5.31. The first-order chi connectivity index (χ1) is 13.2. The molecule has 4 rings (SSSR count). The molecule has 1 aromatic rings. The number of morpholine rings is 1. The number of guanidine groups is 1. The number of halogens is 2. The second-order valence-electron chi connectivity index (χ2n) is 7.43. The number of aliphatic imine (C=N–C) groups is 1. The molecule has 1 aromatic carbocycles. The van der Waals surface area contributed by atoms with E-state index in [4.69, 9.17) is 14.5 Å². The molecule has 3 heterocycles. The maximum Gasteiger partial charge on any atom is 0.191 e. The fourth-order valence-electron chi connectivity index (χ4n) is 4.22. The number of benzene rings is 1. The van der Waals surface area contributed by atoms with Crippen molar-refractivity contribution in [1.82, 2.24) is 10.6 Å². The molecule has 28 heavy (non-hydrogen) atoms. The van der Waals surface area contributed by atoms with Crippen molar-refractivity contribution >= 4 is 51.6 Å². The van der Waals surface area contributed by atoms with Crippen LogP contribution >= 0.6 is 39.9 Å². The minimum Gasteiger partial charge on any atom is -0.378 e. The molecule has 3 aliphatic rings. The van der Waals surface area contributed by atoms with E-state index < -0.39 is 0 Å². The van der Waals surface area contributed by atoms with Gasteiger partial charge in [-0.1, -0.05) is 22.0 Å². The Morgan fingerprint density at radius 3 is 2.79 bits per heavy atom. The van der Waals surface area contributed by atoms with Crippen LogP contribution in [0.15, 0.2) is 27.7 Å². The Morgan fingerprint density at radius 2 is 2.11 bits per heavy atom. The summed E-state index contributed by atoms with van der Waals surface area (Å²) in [5, 5.41) is 6.99. The van der Waals surface area contributed by atoms with Gasteiger partial charge in [0.05, 0.1) is 38.0 Å². The Kier molecular flexibility index (Phi) is 8.25. The summed E-state index contributed by atoms with van der Waals surface area (Å²) in [6, 6.07) is 6.84. The van der Waals surface area contributed by atoms with Crippen molar-refractivity contribution in [3.05, 3.63) is 28.2 Å². The molecule has 0 spiro atoms. The first-order valence-corrected chi connectivity index (χ1v) is 10.8. The van der Waals surface area contributed by atoms with E-state index in [1.54, 1.807) is 0 Å². The number of nitrogens with zero attached hydrogens (tertiary/aromatic N) is 2. The van der Waals surface area contributed by atoms with Gasteiger partial charge in [-0.3, -0.25) is 0 Å². The van der Waals surface area contributed by atoms with E-state index >= 15 is 0 Å². The highest BCUT2D eigenvalue weighted by Gasteiger charge is 2.41. The lowest BCUT2D eigenvalue weighted by atomic mass is 9.96. The maximum absolute atomic E-state index is 5.97. The van der Waals surface area contributed by atoms with Crippen LogP contribution < -0.4 is 15.5 Å². The number of hydrogen-bond acceptors (Lipinski definition) is 4. The van der Waals surface area contributed by atoms with Gasteiger partial charge in [-0.05, 0) is 43.9 Å². The fraction of sp³-hybridized carbons (Fsp3) is 0.650. The molecule has 0 radical (unpaired) electrons. The molecule has 6 nitrogen and oxygen atoms in total. The Labute approximate surface area is 193 Å². The van der Waals surface area contributed by atoms with E-state index in [1.165, 1.54) is 17.7 Å². The van der Waals surface area contributed by atoms with Crippen molar-refractivity contribution in [2.45, 2.75) is 51.0 Å². The number of ether oxygens (including phenoxy) is 2. The Hall–Kier alpha value is -0.580. The van der Waals surface area contributed by atoms with Crippen molar-refractivity contribution in [2.75, 3.05) is 37.7 Å². The Balaban J connectivity index is 0.00000225. The minimum absolute atomic E-state index is 0. The predicted molar refractivity (Wildman–Crippen MR) is 127 cm³/mol. The number of fused-ring (bicyclic) bond motifs is 2. The maximum atomic E-state index is 5.97. The summed E-state index contributed by atoms with van der Waals surface area (Å²) in [5.74, 6) is 0.884. The SMILES string of the molecule is CCNC(=NCc1ccc(Br)cc1N1CCOCC1)NC1CC2CCC1O2.I. The van der Waals surface area contributed by atoms with Crippen LogP contribution in [0, 0.1) is 0 Å². The minimum atomic E-state index is 0. The van der Waals surface area contributed by atoms with Gasteiger partial charge in [0, 0.05) is 29.8 Å². The lowest BCUT2D eigenvalue weighted by Crippen LogP contribution is -2.47. The van der Waals surface area contributed by atoms with E-state index in [1.807, 2.05) is 0 Å². The highest BCUT2D eigenvalue weighted by Crippen LogP contribution is 2.34. The zero-order valence-electron chi connectivity index (χ0n) is 16.3. The van der Waals surface area contributed by atoms with Crippen molar-refractivity contribution in [3.63, 3.8) is 0 Å². The summed E-state index contributed by atoms with van der Waals surface area (Å²) in [6.45, 7) is 7.02. The van der Waals surface area contributed by atoms with Crippen LogP contribution in [0.25, 0.3) is 0 Å². The quantitative estimate of drug-likeness (QED) is 0.326. The van der Waals surface area contributed by atoms with Crippen molar-refractivity contribution in [2.24, 2.45) is 4.99 Å². The van der Waals surface area contributed by atoms with Crippen molar-refractivity contribution < 1.29 is 9.47 Å². The van der Waals surface area contributed by atoms with Gasteiger partial charge in [0.1, 0.15) is 0 Å². The van der Waals surface area contributed by atoms with E-state index in [0.717, 1.165) is 56.1 Å². The third-order valence-corrected chi connectivity index (χ3v) is 6.07. The Morgan fingerprint density at radius 1 is 1.29 bits per heavy atom. The van der Waals surface area contributed by atoms with E-state index in [-0.39, 0.29) is 24.0 Å². The average molecular weight is 565 g/mol. The lowest BCUT2D eigenvalue weighted by molar-refractivity contribution is 0.0992. The zero-order chi connectivity index (χ0) is 18.6. The van der Waals surface area contributed by atoms with Crippen LogP contribution in [0.3, 0.4) is 0 Å². The van der Waals surface area contributed by atoms with Crippen LogP contribution in [-0.4, -0.2) is 57.1 Å². The molecular formula is C20H30BrIN4O2. The molecule has 3 unspecified atom stereocenters. The molecule has 156 valence electrons. The molecule has 3 saturated heterocycles. The van der Waals surface area contributed by atoms with E-state index in [0.29, 0.717) is 24.8 Å². The van der Waals surface area contributed by atoms with Gasteiger partial charge in [0.15, 0.2) is 5.96 Å². The summed E-state index contributed by atoms with van der Waals surface area (Å²) < 4.78 is 12.6. The van der Waals surface area contributed by atoms with Crippen LogP contribution in [0.5, 0.6) is 0 Å². The largest absolute Gasteiger partial charge is 0.378 e. The summed E-state index contributed by atoms with van der Waals surface area (Å²) in [7, 11) is 0.